The van der Waals surface area contributed by atoms with Gasteiger partial charge in [0, 0.05) is 11.6 Å². The van der Waals surface area contributed by atoms with Crippen LogP contribution in [0.25, 0.3) is 0 Å². The first kappa shape index (κ1) is 10.7. The summed E-state index contributed by atoms with van der Waals surface area (Å²) in [4.78, 5) is 10.0. The summed E-state index contributed by atoms with van der Waals surface area (Å²) in [6, 6.07) is 3.77. The summed E-state index contributed by atoms with van der Waals surface area (Å²) in [5, 5.41) is 0. The molecule has 0 saturated carbocycles. The molecule has 1 aromatic rings. The van der Waals surface area contributed by atoms with Crippen LogP contribution in [0.2, 0.25) is 0 Å². The minimum Gasteiger partial charge on any atom is -0.497 e. The Hall–Kier alpha value is -1.40. The van der Waals surface area contributed by atoms with Crippen molar-refractivity contribution in [3.05, 3.63) is 23.8 Å². The topological polar surface area (TPSA) is 80.7 Å². The maximum atomic E-state index is 10.8. The molecule has 0 radical (unpaired) electrons. The molecular weight excluding hydrogens is 208 g/mol. The van der Waals surface area contributed by atoms with Crippen LogP contribution in [-0.4, -0.2) is 26.4 Å². The Kier molecular flexibility index (Phi) is 2.87. The minimum absolute atomic E-state index is 0.103. The zero-order valence-corrected chi connectivity index (χ0v) is 8.11. The standard InChI is InChI=1S/C8H8O5S/c1-13-7-3-2-6(5-9)8(4-7)14(10,11)12/h2-5H,1H3,(H,10,11,12). The molecular formula is C8H8O5S. The van der Waals surface area contributed by atoms with Gasteiger partial charge in [-0.15, -0.1) is 0 Å². The fraction of sp³-hybridized carbons (Fsp3) is 0.125. The van der Waals surface area contributed by atoms with E-state index in [4.69, 9.17) is 9.29 Å². The zero-order chi connectivity index (χ0) is 10.8. The van der Waals surface area contributed by atoms with E-state index in [2.05, 4.69) is 0 Å². The van der Waals surface area contributed by atoms with Gasteiger partial charge >= 0.3 is 0 Å². The molecule has 0 heterocycles. The molecule has 0 aromatic heterocycles. The van der Waals surface area contributed by atoms with Crippen LogP contribution in [0.5, 0.6) is 5.75 Å². The van der Waals surface area contributed by atoms with E-state index in [1.54, 1.807) is 0 Å². The summed E-state index contributed by atoms with van der Waals surface area (Å²) in [5.74, 6) is 0.253. The third-order valence-corrected chi connectivity index (χ3v) is 2.53. The van der Waals surface area contributed by atoms with E-state index in [1.165, 1.54) is 19.2 Å². The maximum absolute atomic E-state index is 10.8. The molecule has 0 bridgehead atoms. The first-order chi connectivity index (χ1) is 6.49. The predicted octanol–water partition coefficient (Wildman–Crippen LogP) is 0.754. The molecule has 0 aliphatic heterocycles. The van der Waals surface area contributed by atoms with Gasteiger partial charge in [0.15, 0.2) is 6.29 Å². The molecule has 0 aliphatic rings. The van der Waals surface area contributed by atoms with Gasteiger partial charge < -0.3 is 4.74 Å². The largest absolute Gasteiger partial charge is 0.497 e. The highest BCUT2D eigenvalue weighted by Crippen LogP contribution is 2.20. The molecule has 76 valence electrons. The molecule has 1 aromatic carbocycles. The van der Waals surface area contributed by atoms with Gasteiger partial charge in [-0.05, 0) is 12.1 Å². The summed E-state index contributed by atoms with van der Waals surface area (Å²) in [7, 11) is -3.04. The molecule has 6 heteroatoms. The maximum Gasteiger partial charge on any atom is 0.295 e. The molecule has 5 nitrogen and oxygen atoms in total. The first-order valence-electron chi connectivity index (χ1n) is 3.59. The van der Waals surface area contributed by atoms with E-state index in [1.807, 2.05) is 0 Å². The zero-order valence-electron chi connectivity index (χ0n) is 7.30. The highest BCUT2D eigenvalue weighted by molar-refractivity contribution is 7.86. The van der Waals surface area contributed by atoms with Crippen molar-refractivity contribution in [3.8, 4) is 5.75 Å². The summed E-state index contributed by atoms with van der Waals surface area (Å²) in [5.41, 5.74) is -0.103. The molecule has 0 amide bonds. The van der Waals surface area contributed by atoms with Crippen molar-refractivity contribution in [1.29, 1.82) is 0 Å². The van der Waals surface area contributed by atoms with Crippen LogP contribution in [0, 0.1) is 0 Å². The lowest BCUT2D eigenvalue weighted by molar-refractivity contribution is 0.112. The van der Waals surface area contributed by atoms with Crippen LogP contribution in [0.1, 0.15) is 10.4 Å². The normalized spacial score (nSPS) is 11.0. The van der Waals surface area contributed by atoms with Crippen molar-refractivity contribution in [2.45, 2.75) is 4.90 Å². The Balaban J connectivity index is 3.44. The Labute approximate surface area is 81.1 Å². The van der Waals surface area contributed by atoms with E-state index in [0.717, 1.165) is 6.07 Å². The van der Waals surface area contributed by atoms with E-state index in [-0.39, 0.29) is 11.3 Å². The fourth-order valence-corrected chi connectivity index (χ4v) is 1.64. The molecule has 0 unspecified atom stereocenters. The summed E-state index contributed by atoms with van der Waals surface area (Å²) >= 11 is 0. The van der Waals surface area contributed by atoms with Crippen LogP contribution >= 0.6 is 0 Å². The van der Waals surface area contributed by atoms with Gasteiger partial charge in [0.2, 0.25) is 0 Å². The molecule has 0 atom stereocenters. The lowest BCUT2D eigenvalue weighted by atomic mass is 10.2. The molecule has 0 fully saturated rings. The van der Waals surface area contributed by atoms with Gasteiger partial charge in [-0.2, -0.15) is 8.42 Å². The summed E-state index contributed by atoms with van der Waals surface area (Å²) in [6.07, 6.45) is 0.350. The molecule has 0 aliphatic carbocycles. The third kappa shape index (κ3) is 2.09. The number of hydrogen-bond acceptors (Lipinski definition) is 4. The van der Waals surface area contributed by atoms with E-state index in [0.29, 0.717) is 6.29 Å². The minimum atomic E-state index is -4.39. The van der Waals surface area contributed by atoms with Gasteiger partial charge in [-0.25, -0.2) is 0 Å². The Morgan fingerprint density at radius 3 is 2.50 bits per heavy atom. The average Bonchev–Trinajstić information content (AvgIpc) is 2.15. The second-order valence-corrected chi connectivity index (χ2v) is 3.89. The third-order valence-electron chi connectivity index (χ3n) is 1.63. The van der Waals surface area contributed by atoms with Gasteiger partial charge in [0.1, 0.15) is 10.6 Å². The number of carbonyl (C=O) groups excluding carboxylic acids is 1. The summed E-state index contributed by atoms with van der Waals surface area (Å²) in [6.45, 7) is 0. The van der Waals surface area contributed by atoms with Crippen molar-refractivity contribution in [3.63, 3.8) is 0 Å². The molecule has 1 N–H and O–H groups in total. The van der Waals surface area contributed by atoms with Crippen LogP contribution in [0.3, 0.4) is 0 Å². The van der Waals surface area contributed by atoms with E-state index in [9.17, 15) is 13.2 Å². The monoisotopic (exact) mass is 216 g/mol. The highest BCUT2D eigenvalue weighted by atomic mass is 32.2. The first-order valence-corrected chi connectivity index (χ1v) is 5.03. The van der Waals surface area contributed by atoms with Gasteiger partial charge in [0.25, 0.3) is 10.1 Å². The van der Waals surface area contributed by atoms with Crippen LogP contribution in [0.4, 0.5) is 0 Å². The number of methoxy groups -OCH3 is 1. The van der Waals surface area contributed by atoms with Gasteiger partial charge in [-0.1, -0.05) is 0 Å². The second-order valence-electron chi connectivity index (χ2n) is 2.50. The van der Waals surface area contributed by atoms with Gasteiger partial charge in [-0.3, -0.25) is 9.35 Å². The quantitative estimate of drug-likeness (QED) is 0.595. The highest BCUT2D eigenvalue weighted by Gasteiger charge is 2.15. The molecule has 0 spiro atoms. The van der Waals surface area contributed by atoms with E-state index >= 15 is 0 Å². The number of ether oxygens (including phenoxy) is 1. The smallest absolute Gasteiger partial charge is 0.295 e. The molecule has 0 saturated heterocycles. The van der Waals surface area contributed by atoms with Crippen molar-refractivity contribution in [2.24, 2.45) is 0 Å². The Morgan fingerprint density at radius 2 is 2.07 bits per heavy atom. The predicted molar refractivity (Wildman–Crippen MR) is 48.2 cm³/mol. The summed E-state index contributed by atoms with van der Waals surface area (Å²) < 4.78 is 35.2. The van der Waals surface area contributed by atoms with Crippen LogP contribution < -0.4 is 4.74 Å². The van der Waals surface area contributed by atoms with E-state index < -0.39 is 15.0 Å². The van der Waals surface area contributed by atoms with Crippen LogP contribution in [0.15, 0.2) is 23.1 Å². The fourth-order valence-electron chi connectivity index (χ4n) is 0.962. The van der Waals surface area contributed by atoms with Crippen LogP contribution in [-0.2, 0) is 10.1 Å². The lowest BCUT2D eigenvalue weighted by Gasteiger charge is -2.04. The van der Waals surface area contributed by atoms with Crippen molar-refractivity contribution < 1.29 is 22.5 Å². The lowest BCUT2D eigenvalue weighted by Crippen LogP contribution is -2.03. The molecule has 1 rings (SSSR count). The van der Waals surface area contributed by atoms with Gasteiger partial charge in [0.05, 0.1) is 7.11 Å². The molecule has 14 heavy (non-hydrogen) atoms. The SMILES string of the molecule is COc1ccc(C=O)c(S(=O)(=O)O)c1. The number of aldehydes is 1. The second kappa shape index (κ2) is 3.77. The number of rotatable bonds is 3. The Bertz CT molecular complexity index is 449. The number of benzene rings is 1. The Morgan fingerprint density at radius 1 is 1.43 bits per heavy atom. The number of hydrogen-bond donors (Lipinski definition) is 1. The number of carbonyl (C=O) groups is 1. The van der Waals surface area contributed by atoms with Crippen molar-refractivity contribution in [2.75, 3.05) is 7.11 Å². The van der Waals surface area contributed by atoms with Crippen molar-refractivity contribution in [1.82, 2.24) is 0 Å². The van der Waals surface area contributed by atoms with Crippen molar-refractivity contribution >= 4 is 16.4 Å². The average molecular weight is 216 g/mol.